The number of nitrogens with zero attached hydrogens (tertiary/aromatic N) is 2. The average molecular weight is 496 g/mol. The van der Waals surface area contributed by atoms with E-state index in [1.54, 1.807) is 37.3 Å². The molecule has 0 heterocycles. The van der Waals surface area contributed by atoms with Crippen LogP contribution in [0.15, 0.2) is 53.4 Å². The van der Waals surface area contributed by atoms with Crippen molar-refractivity contribution in [1.29, 1.82) is 0 Å². The number of sulfonamides is 1. The summed E-state index contributed by atoms with van der Waals surface area (Å²) in [6.45, 7) is 5.29. The fraction of sp³-hybridized carbons (Fsp3) is 0.458. The van der Waals surface area contributed by atoms with Crippen molar-refractivity contribution < 1.29 is 27.4 Å². The minimum Gasteiger partial charge on any atom is -0.394 e. The Kier molecular flexibility index (Phi) is 9.99. The molecular formula is C24H34FN3O5S. The van der Waals surface area contributed by atoms with E-state index in [0.717, 1.165) is 5.56 Å². The predicted octanol–water partition coefficient (Wildman–Crippen LogP) is 3.32. The van der Waals surface area contributed by atoms with Gasteiger partial charge in [-0.15, -0.1) is 0 Å². The van der Waals surface area contributed by atoms with Crippen LogP contribution < -0.4 is 5.32 Å². The number of aliphatic hydroxyl groups excluding tert-OH is 1. The second kappa shape index (κ2) is 12.3. The van der Waals surface area contributed by atoms with E-state index in [-0.39, 0.29) is 36.2 Å². The summed E-state index contributed by atoms with van der Waals surface area (Å²) in [6, 6.07) is 11.3. The number of anilines is 1. The van der Waals surface area contributed by atoms with Gasteiger partial charge >= 0.3 is 6.03 Å². The standard InChI is InChI=1S/C24H34FN3O5S/c1-17-10-12-20(13-11-17)34(31,32)27(4)15-23(33-5)18(2)14-28(19(3)16-29)24(30)26-22-9-7-6-8-21(22)25/h6-13,18-19,23,29H,14-16H2,1-5H3,(H,26,30)/t18-,19-,23+/m0/s1. The molecule has 0 bridgehead atoms. The van der Waals surface area contributed by atoms with E-state index in [1.807, 2.05) is 13.8 Å². The molecule has 0 saturated heterocycles. The number of para-hydroxylation sites is 1. The van der Waals surface area contributed by atoms with Gasteiger partial charge in [0.05, 0.1) is 29.3 Å². The summed E-state index contributed by atoms with van der Waals surface area (Å²) in [6.07, 6.45) is -0.542. The van der Waals surface area contributed by atoms with E-state index in [4.69, 9.17) is 4.74 Å². The van der Waals surface area contributed by atoms with Gasteiger partial charge in [0.15, 0.2) is 0 Å². The lowest BCUT2D eigenvalue weighted by molar-refractivity contribution is 0.0305. The van der Waals surface area contributed by atoms with Crippen LogP contribution in [0.3, 0.4) is 0 Å². The third-order valence-electron chi connectivity index (χ3n) is 5.76. The highest BCUT2D eigenvalue weighted by Crippen LogP contribution is 2.20. The number of hydrogen-bond acceptors (Lipinski definition) is 5. The molecule has 0 unspecified atom stereocenters. The predicted molar refractivity (Wildman–Crippen MR) is 130 cm³/mol. The molecule has 0 aliphatic rings. The van der Waals surface area contributed by atoms with Gasteiger partial charge in [0.1, 0.15) is 5.82 Å². The molecule has 0 aliphatic heterocycles. The van der Waals surface area contributed by atoms with Crippen LogP contribution in [-0.4, -0.2) is 74.8 Å². The largest absolute Gasteiger partial charge is 0.394 e. The van der Waals surface area contributed by atoms with Crippen molar-refractivity contribution in [3.63, 3.8) is 0 Å². The number of rotatable bonds is 11. The van der Waals surface area contributed by atoms with Crippen LogP contribution in [0.25, 0.3) is 0 Å². The number of amides is 2. The number of ether oxygens (including phenoxy) is 1. The van der Waals surface area contributed by atoms with E-state index in [2.05, 4.69) is 5.32 Å². The molecule has 8 nitrogen and oxygen atoms in total. The van der Waals surface area contributed by atoms with E-state index >= 15 is 0 Å². The second-order valence-electron chi connectivity index (χ2n) is 8.44. The summed E-state index contributed by atoms with van der Waals surface area (Å²) in [4.78, 5) is 14.5. The van der Waals surface area contributed by atoms with Crippen LogP contribution in [0.1, 0.15) is 19.4 Å². The van der Waals surface area contributed by atoms with E-state index in [9.17, 15) is 22.7 Å². The molecule has 188 valence electrons. The maximum absolute atomic E-state index is 14.0. The molecule has 0 fully saturated rings. The molecule has 0 aliphatic carbocycles. The smallest absolute Gasteiger partial charge is 0.322 e. The topological polar surface area (TPSA) is 99.2 Å². The highest BCUT2D eigenvalue weighted by molar-refractivity contribution is 7.89. The summed E-state index contributed by atoms with van der Waals surface area (Å²) in [7, 11) is -0.769. The van der Waals surface area contributed by atoms with Crippen molar-refractivity contribution in [3.05, 3.63) is 59.9 Å². The Labute approximate surface area is 201 Å². The van der Waals surface area contributed by atoms with Crippen LogP contribution >= 0.6 is 0 Å². The number of likely N-dealkylation sites (N-methyl/N-ethyl adjacent to an activating group) is 1. The molecular weight excluding hydrogens is 461 g/mol. The molecule has 34 heavy (non-hydrogen) atoms. The molecule has 2 amide bonds. The van der Waals surface area contributed by atoms with Crippen LogP contribution in [0.2, 0.25) is 0 Å². The van der Waals surface area contributed by atoms with Crippen LogP contribution in [-0.2, 0) is 14.8 Å². The Morgan fingerprint density at radius 1 is 1.12 bits per heavy atom. The quantitative estimate of drug-likeness (QED) is 0.498. The highest BCUT2D eigenvalue weighted by atomic mass is 32.2. The first kappa shape index (κ1) is 27.7. The van der Waals surface area contributed by atoms with Gasteiger partial charge < -0.3 is 20.1 Å². The van der Waals surface area contributed by atoms with Gasteiger partial charge in [-0.25, -0.2) is 17.6 Å². The molecule has 0 spiro atoms. The fourth-order valence-electron chi connectivity index (χ4n) is 3.47. The number of aliphatic hydroxyl groups is 1. The van der Waals surface area contributed by atoms with Gasteiger partial charge in [0.25, 0.3) is 0 Å². The zero-order valence-corrected chi connectivity index (χ0v) is 21.0. The Balaban J connectivity index is 2.14. The summed E-state index contributed by atoms with van der Waals surface area (Å²) >= 11 is 0. The third kappa shape index (κ3) is 6.99. The van der Waals surface area contributed by atoms with Gasteiger partial charge in [-0.2, -0.15) is 4.31 Å². The number of halogens is 1. The molecule has 3 atom stereocenters. The van der Waals surface area contributed by atoms with Crippen LogP contribution in [0, 0.1) is 18.7 Å². The van der Waals surface area contributed by atoms with Crippen molar-refractivity contribution in [2.75, 3.05) is 39.2 Å². The molecule has 0 saturated carbocycles. The molecule has 0 radical (unpaired) electrons. The second-order valence-corrected chi connectivity index (χ2v) is 10.5. The van der Waals surface area contributed by atoms with Crippen molar-refractivity contribution in [2.45, 2.75) is 37.8 Å². The van der Waals surface area contributed by atoms with E-state index in [1.165, 1.54) is 41.6 Å². The Morgan fingerprint density at radius 3 is 2.29 bits per heavy atom. The van der Waals surface area contributed by atoms with Gasteiger partial charge in [0.2, 0.25) is 10.0 Å². The number of methoxy groups -OCH3 is 1. The van der Waals surface area contributed by atoms with Crippen LogP contribution in [0.5, 0.6) is 0 Å². The minimum atomic E-state index is -3.73. The molecule has 0 aromatic heterocycles. The van der Waals surface area contributed by atoms with Crippen molar-refractivity contribution in [3.8, 4) is 0 Å². The lowest BCUT2D eigenvalue weighted by Crippen LogP contribution is -2.49. The number of carbonyl (C=O) groups is 1. The van der Waals surface area contributed by atoms with Crippen molar-refractivity contribution in [2.24, 2.45) is 5.92 Å². The Bertz CT molecular complexity index is 1050. The molecule has 2 aromatic rings. The number of aryl methyl sites for hydroxylation is 1. The first-order valence-electron chi connectivity index (χ1n) is 11.0. The monoisotopic (exact) mass is 495 g/mol. The summed E-state index contributed by atoms with van der Waals surface area (Å²) in [5.41, 5.74) is 0.985. The lowest BCUT2D eigenvalue weighted by atomic mass is 10.0. The van der Waals surface area contributed by atoms with Gasteiger partial charge in [0, 0.05) is 33.2 Å². The highest BCUT2D eigenvalue weighted by Gasteiger charge is 2.30. The number of nitrogens with one attached hydrogen (secondary N) is 1. The third-order valence-corrected chi connectivity index (χ3v) is 7.60. The SMILES string of the molecule is CO[C@H](CN(C)S(=O)(=O)c1ccc(C)cc1)[C@@H](C)CN(C(=O)Nc1ccccc1F)[C@@H](C)CO. The summed E-state index contributed by atoms with van der Waals surface area (Å²) in [5.74, 6) is -0.876. The van der Waals surface area contributed by atoms with Crippen LogP contribution in [0.4, 0.5) is 14.9 Å². The molecule has 2 N–H and O–H groups in total. The maximum atomic E-state index is 14.0. The molecule has 10 heteroatoms. The van der Waals surface area contributed by atoms with E-state index in [0.29, 0.717) is 0 Å². The molecule has 2 rings (SSSR count). The normalized spacial score (nSPS) is 14.5. The number of urea groups is 1. The average Bonchev–Trinajstić information content (AvgIpc) is 2.81. The number of benzene rings is 2. The van der Waals surface area contributed by atoms with Gasteiger partial charge in [-0.05, 0) is 38.1 Å². The van der Waals surface area contributed by atoms with Crippen molar-refractivity contribution in [1.82, 2.24) is 9.21 Å². The fourth-order valence-corrected chi connectivity index (χ4v) is 4.65. The minimum absolute atomic E-state index is 0.0301. The van der Waals surface area contributed by atoms with Crippen molar-refractivity contribution >= 4 is 21.7 Å². The number of carbonyl (C=O) groups excluding carboxylic acids is 1. The zero-order chi connectivity index (χ0) is 25.5. The summed E-state index contributed by atoms with van der Waals surface area (Å²) in [5, 5.41) is 12.2. The van der Waals surface area contributed by atoms with E-state index < -0.39 is 34.0 Å². The maximum Gasteiger partial charge on any atom is 0.322 e. The lowest BCUT2D eigenvalue weighted by Gasteiger charge is -2.34. The van der Waals surface area contributed by atoms with Gasteiger partial charge in [-0.1, -0.05) is 36.8 Å². The number of hydrogen-bond donors (Lipinski definition) is 2. The summed E-state index contributed by atoms with van der Waals surface area (Å²) < 4.78 is 46.7. The Hall–Kier alpha value is -2.53. The Morgan fingerprint density at radius 2 is 1.74 bits per heavy atom. The first-order valence-corrected chi connectivity index (χ1v) is 12.4. The molecule has 2 aromatic carbocycles. The first-order chi connectivity index (χ1) is 16.0. The zero-order valence-electron chi connectivity index (χ0n) is 20.2. The van der Waals surface area contributed by atoms with Gasteiger partial charge in [-0.3, -0.25) is 0 Å².